The second-order valence-electron chi connectivity index (χ2n) is 4.28. The molecular weight excluding hydrogens is 152 g/mol. The van der Waals surface area contributed by atoms with Gasteiger partial charge in [0, 0.05) is 6.42 Å². The minimum Gasteiger partial charge on any atom is -0.295 e. The van der Waals surface area contributed by atoms with Crippen LogP contribution in [0.2, 0.25) is 19.6 Å². The van der Waals surface area contributed by atoms with Gasteiger partial charge < -0.3 is 0 Å². The first-order valence-electron chi connectivity index (χ1n) is 4.16. The van der Waals surface area contributed by atoms with Crippen LogP contribution in [0.25, 0.3) is 0 Å². The smallest absolute Gasteiger partial charge is 0.158 e. The summed E-state index contributed by atoms with van der Waals surface area (Å²) in [5.74, 6) is 0.377. The van der Waals surface area contributed by atoms with Crippen LogP contribution in [0, 0.1) is 0 Å². The third-order valence-electron chi connectivity index (χ3n) is 2.38. The molecule has 0 unspecified atom stereocenters. The molecule has 0 aromatic rings. The molecule has 0 fully saturated rings. The summed E-state index contributed by atoms with van der Waals surface area (Å²) in [4.78, 5) is 11.2. The molecule has 62 valence electrons. The fourth-order valence-corrected chi connectivity index (χ4v) is 3.86. The molecule has 0 amide bonds. The highest BCUT2D eigenvalue weighted by Gasteiger charge is 2.28. The normalized spacial score (nSPS) is 19.8. The second kappa shape index (κ2) is 2.59. The lowest BCUT2D eigenvalue weighted by Crippen LogP contribution is -2.23. The molecule has 1 rings (SSSR count). The van der Waals surface area contributed by atoms with E-state index in [2.05, 4.69) is 19.6 Å². The van der Waals surface area contributed by atoms with Crippen LogP contribution in [0.3, 0.4) is 0 Å². The van der Waals surface area contributed by atoms with Gasteiger partial charge in [-0.15, -0.1) is 0 Å². The van der Waals surface area contributed by atoms with Gasteiger partial charge in [-0.05, 0) is 18.9 Å². The van der Waals surface area contributed by atoms with Crippen LogP contribution in [0.15, 0.2) is 10.8 Å². The lowest BCUT2D eigenvalue weighted by molar-refractivity contribution is -0.114. The molecule has 0 atom stereocenters. The van der Waals surface area contributed by atoms with Crippen LogP contribution >= 0.6 is 0 Å². The maximum atomic E-state index is 11.2. The SMILES string of the molecule is CC1=C([Si](C)(C)C)CCC1=O. The highest BCUT2D eigenvalue weighted by Crippen LogP contribution is 2.30. The van der Waals surface area contributed by atoms with Crippen molar-refractivity contribution in [3.05, 3.63) is 10.8 Å². The molecule has 0 bridgehead atoms. The molecule has 1 nitrogen and oxygen atoms in total. The van der Waals surface area contributed by atoms with E-state index in [9.17, 15) is 4.79 Å². The quantitative estimate of drug-likeness (QED) is 0.550. The molecule has 0 aliphatic heterocycles. The Balaban J connectivity index is 2.98. The number of carbonyl (C=O) groups is 1. The fraction of sp³-hybridized carbons (Fsp3) is 0.667. The Hall–Kier alpha value is -0.373. The number of rotatable bonds is 1. The average Bonchev–Trinajstić information content (AvgIpc) is 2.11. The van der Waals surface area contributed by atoms with Crippen LogP contribution in [0.4, 0.5) is 0 Å². The zero-order valence-electron chi connectivity index (χ0n) is 7.82. The predicted octanol–water partition coefficient (Wildman–Crippen LogP) is 2.54. The van der Waals surface area contributed by atoms with Crippen LogP contribution < -0.4 is 0 Å². The van der Waals surface area contributed by atoms with Crippen LogP contribution in [0.1, 0.15) is 19.8 Å². The van der Waals surface area contributed by atoms with Crippen LogP contribution in [0.5, 0.6) is 0 Å². The van der Waals surface area contributed by atoms with Crippen LogP contribution in [-0.4, -0.2) is 13.9 Å². The number of allylic oxidation sites excluding steroid dienone is 2. The topological polar surface area (TPSA) is 17.1 Å². The van der Waals surface area contributed by atoms with Gasteiger partial charge in [-0.1, -0.05) is 24.8 Å². The van der Waals surface area contributed by atoms with Crippen molar-refractivity contribution in [3.63, 3.8) is 0 Å². The third-order valence-corrected chi connectivity index (χ3v) is 4.81. The van der Waals surface area contributed by atoms with Crippen molar-refractivity contribution >= 4 is 13.9 Å². The first-order chi connectivity index (χ1) is 4.93. The Morgan fingerprint density at radius 1 is 1.18 bits per heavy atom. The number of Topliss-reactive ketones (excluding diaryl/α,β-unsaturated/α-hetero) is 1. The van der Waals surface area contributed by atoms with Crippen molar-refractivity contribution in [2.24, 2.45) is 0 Å². The van der Waals surface area contributed by atoms with Gasteiger partial charge in [0.15, 0.2) is 5.78 Å². The van der Waals surface area contributed by atoms with Gasteiger partial charge in [-0.2, -0.15) is 0 Å². The van der Waals surface area contributed by atoms with E-state index in [1.54, 1.807) is 0 Å². The molecule has 0 heterocycles. The molecular formula is C9H16OSi. The zero-order chi connectivity index (χ0) is 8.65. The van der Waals surface area contributed by atoms with E-state index < -0.39 is 8.07 Å². The molecule has 0 saturated carbocycles. The van der Waals surface area contributed by atoms with Gasteiger partial charge in [-0.25, -0.2) is 0 Å². The fourth-order valence-electron chi connectivity index (χ4n) is 1.72. The average molecular weight is 168 g/mol. The Kier molecular flexibility index (Phi) is 2.05. The summed E-state index contributed by atoms with van der Waals surface area (Å²) in [5, 5.41) is 1.49. The van der Waals surface area contributed by atoms with Gasteiger partial charge in [-0.3, -0.25) is 4.79 Å². The summed E-state index contributed by atoms with van der Waals surface area (Å²) >= 11 is 0. The minimum absolute atomic E-state index is 0.377. The van der Waals surface area contributed by atoms with Crippen LogP contribution in [-0.2, 0) is 4.79 Å². The molecule has 0 N–H and O–H groups in total. The molecule has 1 aliphatic carbocycles. The number of hydrogen-bond acceptors (Lipinski definition) is 1. The summed E-state index contributed by atoms with van der Waals surface area (Å²) in [5.41, 5.74) is 1.07. The van der Waals surface area contributed by atoms with E-state index in [4.69, 9.17) is 0 Å². The molecule has 0 aromatic carbocycles. The first-order valence-corrected chi connectivity index (χ1v) is 7.66. The molecule has 0 aromatic heterocycles. The minimum atomic E-state index is -1.17. The predicted molar refractivity (Wildman–Crippen MR) is 50.3 cm³/mol. The monoisotopic (exact) mass is 168 g/mol. The Labute approximate surface area is 69.5 Å². The lowest BCUT2D eigenvalue weighted by atomic mass is 10.2. The summed E-state index contributed by atoms with van der Waals surface area (Å²) in [7, 11) is -1.17. The van der Waals surface area contributed by atoms with Gasteiger partial charge in [0.1, 0.15) is 0 Å². The number of carbonyl (C=O) groups excluding carboxylic acids is 1. The van der Waals surface area contributed by atoms with E-state index >= 15 is 0 Å². The first kappa shape index (κ1) is 8.72. The summed E-state index contributed by atoms with van der Waals surface area (Å²) in [6, 6.07) is 0. The van der Waals surface area contributed by atoms with E-state index in [-0.39, 0.29) is 0 Å². The van der Waals surface area contributed by atoms with Crippen molar-refractivity contribution in [2.75, 3.05) is 0 Å². The molecule has 1 aliphatic rings. The maximum absolute atomic E-state index is 11.2. The standard InChI is InChI=1S/C9H16OSi/c1-7-8(10)5-6-9(7)11(2,3)4/h5-6H2,1-4H3. The lowest BCUT2D eigenvalue weighted by Gasteiger charge is -2.18. The van der Waals surface area contributed by atoms with E-state index in [1.807, 2.05) is 6.92 Å². The molecule has 2 heteroatoms. The maximum Gasteiger partial charge on any atom is 0.158 e. The van der Waals surface area contributed by atoms with Gasteiger partial charge >= 0.3 is 0 Å². The zero-order valence-corrected chi connectivity index (χ0v) is 8.82. The summed E-state index contributed by atoms with van der Waals surface area (Å²) < 4.78 is 0. The third kappa shape index (κ3) is 1.61. The molecule has 11 heavy (non-hydrogen) atoms. The Morgan fingerprint density at radius 3 is 1.91 bits per heavy atom. The van der Waals surface area contributed by atoms with Gasteiger partial charge in [0.2, 0.25) is 0 Å². The highest BCUT2D eigenvalue weighted by atomic mass is 28.3. The largest absolute Gasteiger partial charge is 0.295 e. The van der Waals surface area contributed by atoms with E-state index in [0.29, 0.717) is 5.78 Å². The van der Waals surface area contributed by atoms with E-state index in [0.717, 1.165) is 18.4 Å². The summed E-state index contributed by atoms with van der Waals surface area (Å²) in [6.07, 6.45) is 1.81. The highest BCUT2D eigenvalue weighted by molar-refractivity contribution is 6.83. The van der Waals surface area contributed by atoms with Crippen molar-refractivity contribution in [1.29, 1.82) is 0 Å². The number of ketones is 1. The molecule has 0 spiro atoms. The van der Waals surface area contributed by atoms with Crippen molar-refractivity contribution in [3.8, 4) is 0 Å². The van der Waals surface area contributed by atoms with Crippen molar-refractivity contribution < 1.29 is 4.79 Å². The molecule has 0 radical (unpaired) electrons. The Bertz CT molecular complexity index is 220. The van der Waals surface area contributed by atoms with Crippen molar-refractivity contribution in [2.45, 2.75) is 39.4 Å². The van der Waals surface area contributed by atoms with Gasteiger partial charge in [0.05, 0.1) is 8.07 Å². The van der Waals surface area contributed by atoms with Gasteiger partial charge in [0.25, 0.3) is 0 Å². The number of hydrogen-bond donors (Lipinski definition) is 0. The molecule has 0 saturated heterocycles. The second-order valence-corrected chi connectivity index (χ2v) is 9.38. The summed E-state index contributed by atoms with van der Waals surface area (Å²) in [6.45, 7) is 8.92. The Morgan fingerprint density at radius 2 is 1.73 bits per heavy atom. The van der Waals surface area contributed by atoms with Crippen molar-refractivity contribution in [1.82, 2.24) is 0 Å². The van der Waals surface area contributed by atoms with E-state index in [1.165, 1.54) is 5.20 Å².